The zero-order chi connectivity index (χ0) is 19.8. The fraction of sp³-hybridized carbons (Fsp3) is 0.364. The number of carbonyl (C=O) groups excluding carboxylic acids is 2. The van der Waals surface area contributed by atoms with Gasteiger partial charge in [0.15, 0.2) is 0 Å². The van der Waals surface area contributed by atoms with Gasteiger partial charge in [0.2, 0.25) is 0 Å². The highest BCUT2D eigenvalue weighted by atomic mass is 16.5. The third-order valence-electron chi connectivity index (χ3n) is 5.19. The summed E-state index contributed by atoms with van der Waals surface area (Å²) in [5.74, 6) is 0.815. The molecule has 2 aromatic rings. The molecule has 3 rings (SSSR count). The smallest absolute Gasteiger partial charge is 0.325 e. The first-order valence-corrected chi connectivity index (χ1v) is 9.14. The molecule has 0 aromatic heterocycles. The van der Waals surface area contributed by atoms with E-state index in [1.807, 2.05) is 49.4 Å². The number of nitrogens with one attached hydrogen (secondary N) is 1. The number of benzene rings is 2. The standard InChI is InChI=1S/C22H26N2O3/c1-14(2)16-7-9-18(10-8-16)22(4)20(25)24(21(26)23-22)13-17-12-15(3)6-11-19(17)27-5/h6-12,14H,13H2,1-5H3,(H,23,26)/t22-/m1/s1. The second kappa shape index (κ2) is 7.06. The Balaban J connectivity index is 1.89. The largest absolute Gasteiger partial charge is 0.496 e. The lowest BCUT2D eigenvalue weighted by molar-refractivity contribution is -0.131. The molecule has 1 atom stereocenters. The Hall–Kier alpha value is -2.82. The van der Waals surface area contributed by atoms with Crippen LogP contribution in [0.2, 0.25) is 0 Å². The molecule has 0 unspecified atom stereocenters. The Morgan fingerprint density at radius 2 is 1.78 bits per heavy atom. The fourth-order valence-corrected chi connectivity index (χ4v) is 3.44. The van der Waals surface area contributed by atoms with E-state index in [1.54, 1.807) is 14.0 Å². The summed E-state index contributed by atoms with van der Waals surface area (Å²) >= 11 is 0. The number of urea groups is 1. The topological polar surface area (TPSA) is 58.6 Å². The molecule has 27 heavy (non-hydrogen) atoms. The zero-order valence-electron chi connectivity index (χ0n) is 16.5. The van der Waals surface area contributed by atoms with Gasteiger partial charge in [0.25, 0.3) is 5.91 Å². The predicted octanol–water partition coefficient (Wildman–Crippen LogP) is 4.09. The van der Waals surface area contributed by atoms with E-state index in [4.69, 9.17) is 4.74 Å². The molecule has 1 heterocycles. The monoisotopic (exact) mass is 366 g/mol. The van der Waals surface area contributed by atoms with Crippen LogP contribution >= 0.6 is 0 Å². The number of hydrogen-bond donors (Lipinski definition) is 1. The van der Waals surface area contributed by atoms with Gasteiger partial charge in [0.05, 0.1) is 13.7 Å². The van der Waals surface area contributed by atoms with Crippen molar-refractivity contribution < 1.29 is 14.3 Å². The van der Waals surface area contributed by atoms with Crippen molar-refractivity contribution in [3.8, 4) is 5.75 Å². The molecular weight excluding hydrogens is 340 g/mol. The van der Waals surface area contributed by atoms with E-state index in [0.717, 1.165) is 16.7 Å². The maximum absolute atomic E-state index is 13.1. The number of amides is 3. The van der Waals surface area contributed by atoms with E-state index in [9.17, 15) is 9.59 Å². The van der Waals surface area contributed by atoms with E-state index in [2.05, 4.69) is 19.2 Å². The lowest BCUT2D eigenvalue weighted by Crippen LogP contribution is -2.40. The normalized spacial score (nSPS) is 19.6. The Labute approximate surface area is 160 Å². The van der Waals surface area contributed by atoms with Gasteiger partial charge in [-0.15, -0.1) is 0 Å². The SMILES string of the molecule is COc1ccc(C)cc1CN1C(=O)N[C@](C)(c2ccc(C(C)C)cc2)C1=O. The lowest BCUT2D eigenvalue weighted by Gasteiger charge is -2.23. The van der Waals surface area contributed by atoms with Crippen molar-refractivity contribution >= 4 is 11.9 Å². The van der Waals surface area contributed by atoms with Crippen LogP contribution < -0.4 is 10.1 Å². The summed E-state index contributed by atoms with van der Waals surface area (Å²) in [4.78, 5) is 27.0. The average Bonchev–Trinajstić information content (AvgIpc) is 2.86. The van der Waals surface area contributed by atoms with Gasteiger partial charge < -0.3 is 10.1 Å². The van der Waals surface area contributed by atoms with Crippen molar-refractivity contribution in [1.82, 2.24) is 10.2 Å². The highest BCUT2D eigenvalue weighted by Crippen LogP contribution is 2.32. The van der Waals surface area contributed by atoms with E-state index >= 15 is 0 Å². The molecular formula is C22H26N2O3. The lowest BCUT2D eigenvalue weighted by atomic mass is 9.90. The number of imide groups is 1. The third-order valence-corrected chi connectivity index (χ3v) is 5.19. The summed E-state index contributed by atoms with van der Waals surface area (Å²) in [5.41, 5.74) is 2.76. The van der Waals surface area contributed by atoms with Crippen molar-refractivity contribution in [3.05, 3.63) is 64.7 Å². The second-order valence-corrected chi connectivity index (χ2v) is 7.54. The first-order chi connectivity index (χ1) is 12.8. The molecule has 1 N–H and O–H groups in total. The molecule has 0 aliphatic carbocycles. The van der Waals surface area contributed by atoms with Crippen molar-refractivity contribution in [1.29, 1.82) is 0 Å². The van der Waals surface area contributed by atoms with E-state index in [1.165, 1.54) is 10.5 Å². The molecule has 0 saturated carbocycles. The number of methoxy groups -OCH3 is 1. The number of carbonyl (C=O) groups is 2. The highest BCUT2D eigenvalue weighted by molar-refractivity contribution is 6.07. The summed E-state index contributed by atoms with van der Waals surface area (Å²) in [6.45, 7) is 8.14. The van der Waals surface area contributed by atoms with E-state index in [0.29, 0.717) is 11.7 Å². The zero-order valence-corrected chi connectivity index (χ0v) is 16.5. The van der Waals surface area contributed by atoms with Crippen LogP contribution in [0, 0.1) is 6.92 Å². The van der Waals surface area contributed by atoms with Crippen molar-refractivity contribution in [3.63, 3.8) is 0 Å². The second-order valence-electron chi connectivity index (χ2n) is 7.54. The Bertz CT molecular complexity index is 874. The van der Waals surface area contributed by atoms with E-state index < -0.39 is 5.54 Å². The number of hydrogen-bond acceptors (Lipinski definition) is 3. The van der Waals surface area contributed by atoms with Gasteiger partial charge in [-0.1, -0.05) is 55.8 Å². The first-order valence-electron chi connectivity index (χ1n) is 9.14. The van der Waals surface area contributed by atoms with Crippen molar-refractivity contribution in [2.75, 3.05) is 7.11 Å². The molecule has 0 spiro atoms. The van der Waals surface area contributed by atoms with Crippen LogP contribution in [0.15, 0.2) is 42.5 Å². The molecule has 5 nitrogen and oxygen atoms in total. The summed E-state index contributed by atoms with van der Waals surface area (Å²) < 4.78 is 5.38. The van der Waals surface area contributed by atoms with Crippen LogP contribution in [0.3, 0.4) is 0 Å². The van der Waals surface area contributed by atoms with Gasteiger partial charge in [-0.05, 0) is 37.0 Å². The molecule has 1 fully saturated rings. The highest BCUT2D eigenvalue weighted by Gasteiger charge is 2.49. The molecule has 2 aromatic carbocycles. The molecule has 0 radical (unpaired) electrons. The summed E-state index contributed by atoms with van der Waals surface area (Å²) in [7, 11) is 1.58. The Morgan fingerprint density at radius 3 is 2.37 bits per heavy atom. The van der Waals surface area contributed by atoms with Gasteiger partial charge in [0.1, 0.15) is 11.3 Å². The van der Waals surface area contributed by atoms with Gasteiger partial charge >= 0.3 is 6.03 Å². The Morgan fingerprint density at radius 1 is 1.11 bits per heavy atom. The first kappa shape index (κ1) is 19.0. The van der Waals surface area contributed by atoms with Crippen LogP contribution in [0.1, 0.15) is 48.9 Å². The predicted molar refractivity (Wildman–Crippen MR) is 105 cm³/mol. The molecule has 1 aliphatic rings. The van der Waals surface area contributed by atoms with Gasteiger partial charge in [-0.25, -0.2) is 4.79 Å². The van der Waals surface area contributed by atoms with Crippen molar-refractivity contribution in [2.45, 2.75) is 45.7 Å². The fourth-order valence-electron chi connectivity index (χ4n) is 3.44. The third kappa shape index (κ3) is 3.42. The molecule has 3 amide bonds. The minimum absolute atomic E-state index is 0.176. The Kier molecular flexibility index (Phi) is 4.96. The van der Waals surface area contributed by atoms with Crippen LogP contribution in [-0.2, 0) is 16.9 Å². The number of ether oxygens (including phenoxy) is 1. The summed E-state index contributed by atoms with van der Waals surface area (Å²) in [6, 6.07) is 13.2. The maximum Gasteiger partial charge on any atom is 0.325 e. The molecule has 142 valence electrons. The molecule has 0 bridgehead atoms. The van der Waals surface area contributed by atoms with Crippen LogP contribution in [0.25, 0.3) is 0 Å². The van der Waals surface area contributed by atoms with Crippen LogP contribution in [0.5, 0.6) is 5.75 Å². The summed E-state index contributed by atoms with van der Waals surface area (Å²) in [6.07, 6.45) is 0. The van der Waals surface area contributed by atoms with Gasteiger partial charge in [-0.3, -0.25) is 9.69 Å². The van der Waals surface area contributed by atoms with Crippen LogP contribution in [-0.4, -0.2) is 23.9 Å². The molecule has 1 aliphatic heterocycles. The molecule has 1 saturated heterocycles. The van der Waals surface area contributed by atoms with Gasteiger partial charge in [0, 0.05) is 5.56 Å². The van der Waals surface area contributed by atoms with Crippen molar-refractivity contribution in [2.24, 2.45) is 0 Å². The van der Waals surface area contributed by atoms with E-state index in [-0.39, 0.29) is 18.5 Å². The quantitative estimate of drug-likeness (QED) is 0.811. The number of nitrogens with zero attached hydrogens (tertiary/aromatic N) is 1. The minimum Gasteiger partial charge on any atom is -0.496 e. The van der Waals surface area contributed by atoms with Crippen LogP contribution in [0.4, 0.5) is 4.79 Å². The summed E-state index contributed by atoms with van der Waals surface area (Å²) in [5, 5.41) is 2.86. The maximum atomic E-state index is 13.1. The number of rotatable bonds is 5. The average molecular weight is 366 g/mol. The molecule has 5 heteroatoms. The van der Waals surface area contributed by atoms with Gasteiger partial charge in [-0.2, -0.15) is 0 Å². The minimum atomic E-state index is -1.07. The number of aryl methyl sites for hydroxylation is 1.